The van der Waals surface area contributed by atoms with E-state index in [9.17, 15) is 25.1 Å². The second-order valence-electron chi connectivity index (χ2n) is 4.64. The van der Waals surface area contributed by atoms with Crippen molar-refractivity contribution in [3.05, 3.63) is 63.7 Å². The lowest BCUT2D eigenvalue weighted by atomic mass is 9.79. The van der Waals surface area contributed by atoms with Crippen molar-refractivity contribution >= 4 is 11.5 Å². The Morgan fingerprint density at radius 3 is 2.45 bits per heavy atom. The summed E-state index contributed by atoms with van der Waals surface area (Å²) in [5.41, 5.74) is -1.35. The van der Waals surface area contributed by atoms with Gasteiger partial charge in [-0.05, 0) is 23.6 Å². The zero-order valence-corrected chi connectivity index (χ0v) is 10.7. The number of hydrogen-bond donors (Lipinski definition) is 2. The van der Waals surface area contributed by atoms with Crippen LogP contribution in [-0.2, 0) is 4.79 Å². The molecular weight excluding hydrogens is 262 g/mol. The van der Waals surface area contributed by atoms with E-state index in [-0.39, 0.29) is 5.57 Å². The number of aliphatic carboxylic acids is 1. The number of benzene rings is 1. The average Bonchev–Trinajstić information content (AvgIpc) is 2.41. The third-order valence-electron chi connectivity index (χ3n) is 3.29. The minimum Gasteiger partial charge on any atom is -0.476 e. The Hall–Kier alpha value is -2.47. The molecule has 0 radical (unpaired) electrons. The van der Waals surface area contributed by atoms with E-state index < -0.39 is 22.5 Å². The maximum Gasteiger partial charge on any atom is 0.390 e. The van der Waals surface area contributed by atoms with Gasteiger partial charge in [-0.2, -0.15) is 0 Å². The maximum absolute atomic E-state index is 11.4. The first-order chi connectivity index (χ1) is 9.39. The van der Waals surface area contributed by atoms with Gasteiger partial charge in [-0.3, -0.25) is 10.1 Å². The van der Waals surface area contributed by atoms with Crippen LogP contribution < -0.4 is 0 Å². The SMILES string of the molecule is CC1=CC(C(=O)O)([N+](=O)[O-])C(O)C(c2ccccc2)=C1. The van der Waals surface area contributed by atoms with Crippen LogP contribution in [0.3, 0.4) is 0 Å². The summed E-state index contributed by atoms with van der Waals surface area (Å²) >= 11 is 0. The lowest BCUT2D eigenvalue weighted by Crippen LogP contribution is -2.55. The summed E-state index contributed by atoms with van der Waals surface area (Å²) in [7, 11) is 0. The molecule has 2 N–H and O–H groups in total. The van der Waals surface area contributed by atoms with E-state index in [0.717, 1.165) is 6.08 Å². The van der Waals surface area contributed by atoms with Crippen LogP contribution in [0.4, 0.5) is 0 Å². The number of rotatable bonds is 3. The van der Waals surface area contributed by atoms with E-state index in [1.807, 2.05) is 0 Å². The lowest BCUT2D eigenvalue weighted by Gasteiger charge is -2.29. The van der Waals surface area contributed by atoms with Gasteiger partial charge in [0.25, 0.3) is 0 Å². The zero-order valence-electron chi connectivity index (χ0n) is 10.7. The summed E-state index contributed by atoms with van der Waals surface area (Å²) in [5, 5.41) is 30.7. The fourth-order valence-corrected chi connectivity index (χ4v) is 2.31. The average molecular weight is 275 g/mol. The quantitative estimate of drug-likeness (QED) is 0.643. The molecule has 1 aromatic carbocycles. The summed E-state index contributed by atoms with van der Waals surface area (Å²) in [6.07, 6.45) is 0.790. The number of carboxylic acids is 1. The van der Waals surface area contributed by atoms with Crippen molar-refractivity contribution < 1.29 is 19.9 Å². The summed E-state index contributed by atoms with van der Waals surface area (Å²) in [5.74, 6) is -1.68. The zero-order chi connectivity index (χ0) is 14.9. The smallest absolute Gasteiger partial charge is 0.390 e. The number of nitro groups is 1. The third-order valence-corrected chi connectivity index (χ3v) is 3.29. The summed E-state index contributed by atoms with van der Waals surface area (Å²) in [4.78, 5) is 21.7. The topological polar surface area (TPSA) is 101 Å². The minimum atomic E-state index is -2.55. The Labute approximate surface area is 114 Å². The highest BCUT2D eigenvalue weighted by Crippen LogP contribution is 2.35. The van der Waals surface area contributed by atoms with Gasteiger partial charge in [-0.25, -0.2) is 4.79 Å². The molecule has 104 valence electrons. The minimum absolute atomic E-state index is 0.227. The van der Waals surface area contributed by atoms with Gasteiger partial charge in [-0.1, -0.05) is 36.4 Å². The molecule has 2 unspecified atom stereocenters. The molecule has 2 atom stereocenters. The number of carbonyl (C=O) groups is 1. The Bertz CT molecular complexity index is 604. The Morgan fingerprint density at radius 2 is 1.95 bits per heavy atom. The van der Waals surface area contributed by atoms with Crippen LogP contribution in [0.1, 0.15) is 12.5 Å². The lowest BCUT2D eigenvalue weighted by molar-refractivity contribution is -0.549. The number of aliphatic hydroxyl groups excluding tert-OH is 1. The normalized spacial score (nSPS) is 25.6. The number of aliphatic hydroxyl groups is 1. The van der Waals surface area contributed by atoms with Crippen molar-refractivity contribution in [2.75, 3.05) is 0 Å². The number of carboxylic acid groups (broad SMARTS) is 1. The third kappa shape index (κ3) is 2.00. The molecule has 0 saturated heterocycles. The maximum atomic E-state index is 11.4. The molecule has 6 heteroatoms. The molecule has 6 nitrogen and oxygen atoms in total. The van der Waals surface area contributed by atoms with Crippen molar-refractivity contribution in [2.45, 2.75) is 18.6 Å². The van der Waals surface area contributed by atoms with Crippen LogP contribution in [-0.4, -0.2) is 32.7 Å². The monoisotopic (exact) mass is 275 g/mol. The molecule has 0 heterocycles. The van der Waals surface area contributed by atoms with Gasteiger partial charge in [0.2, 0.25) is 0 Å². The molecule has 1 aromatic rings. The second-order valence-corrected chi connectivity index (χ2v) is 4.64. The van der Waals surface area contributed by atoms with Gasteiger partial charge in [-0.15, -0.1) is 0 Å². The Morgan fingerprint density at radius 1 is 1.35 bits per heavy atom. The highest BCUT2D eigenvalue weighted by atomic mass is 16.6. The molecular formula is C14H13NO5. The fourth-order valence-electron chi connectivity index (χ4n) is 2.31. The van der Waals surface area contributed by atoms with E-state index >= 15 is 0 Å². The molecule has 20 heavy (non-hydrogen) atoms. The Kier molecular flexibility index (Phi) is 3.42. The first-order valence-electron chi connectivity index (χ1n) is 5.92. The van der Waals surface area contributed by atoms with E-state index in [0.29, 0.717) is 11.1 Å². The van der Waals surface area contributed by atoms with Crippen molar-refractivity contribution in [3.8, 4) is 0 Å². The van der Waals surface area contributed by atoms with E-state index in [1.54, 1.807) is 43.3 Å². The van der Waals surface area contributed by atoms with Gasteiger partial charge in [0.15, 0.2) is 6.10 Å². The number of nitrogens with zero attached hydrogens (tertiary/aromatic N) is 1. The molecule has 0 aliphatic heterocycles. The molecule has 1 aliphatic carbocycles. The summed E-state index contributed by atoms with van der Waals surface area (Å²) in [6.45, 7) is 1.57. The second kappa shape index (κ2) is 4.90. The van der Waals surface area contributed by atoms with E-state index in [1.165, 1.54) is 0 Å². The molecule has 0 saturated carbocycles. The highest BCUT2D eigenvalue weighted by Gasteiger charge is 2.58. The van der Waals surface area contributed by atoms with Crippen LogP contribution in [0.5, 0.6) is 0 Å². The van der Waals surface area contributed by atoms with Crippen LogP contribution in [0.15, 0.2) is 48.1 Å². The van der Waals surface area contributed by atoms with Crippen LogP contribution >= 0.6 is 0 Å². The molecule has 0 bridgehead atoms. The largest absolute Gasteiger partial charge is 0.476 e. The predicted molar refractivity (Wildman–Crippen MR) is 71.5 cm³/mol. The molecule has 0 fully saturated rings. The van der Waals surface area contributed by atoms with Crippen molar-refractivity contribution in [1.29, 1.82) is 0 Å². The highest BCUT2D eigenvalue weighted by molar-refractivity contribution is 5.88. The fraction of sp³-hybridized carbons (Fsp3) is 0.214. The molecule has 0 amide bonds. The van der Waals surface area contributed by atoms with Crippen LogP contribution in [0.25, 0.3) is 5.57 Å². The Balaban J connectivity index is 2.61. The standard InChI is InChI=1S/C14H13NO5/c1-9-7-11(10-5-3-2-4-6-10)12(16)14(8-9,13(17)18)15(19)20/h2-8,12,16H,1H3,(H,17,18). The summed E-state index contributed by atoms with van der Waals surface area (Å²) < 4.78 is 0. The number of allylic oxidation sites excluding steroid dienone is 2. The molecule has 1 aliphatic rings. The summed E-state index contributed by atoms with van der Waals surface area (Å²) in [6, 6.07) is 8.52. The van der Waals surface area contributed by atoms with Crippen molar-refractivity contribution in [2.24, 2.45) is 0 Å². The molecule has 0 aromatic heterocycles. The first kappa shape index (κ1) is 14.0. The van der Waals surface area contributed by atoms with E-state index in [2.05, 4.69) is 0 Å². The van der Waals surface area contributed by atoms with Crippen LogP contribution in [0.2, 0.25) is 0 Å². The van der Waals surface area contributed by atoms with E-state index in [4.69, 9.17) is 0 Å². The molecule has 0 spiro atoms. The van der Waals surface area contributed by atoms with Crippen LogP contribution in [0, 0.1) is 10.1 Å². The van der Waals surface area contributed by atoms with Gasteiger partial charge < -0.3 is 10.2 Å². The van der Waals surface area contributed by atoms with Gasteiger partial charge in [0.1, 0.15) is 0 Å². The van der Waals surface area contributed by atoms with Crippen molar-refractivity contribution in [1.82, 2.24) is 0 Å². The predicted octanol–water partition coefficient (Wildman–Crippen LogP) is 1.49. The van der Waals surface area contributed by atoms with Gasteiger partial charge >= 0.3 is 11.5 Å². The van der Waals surface area contributed by atoms with Crippen molar-refractivity contribution in [3.63, 3.8) is 0 Å². The molecule has 2 rings (SSSR count). The van der Waals surface area contributed by atoms with Gasteiger partial charge in [0.05, 0.1) is 0 Å². The number of hydrogen-bond acceptors (Lipinski definition) is 4. The van der Waals surface area contributed by atoms with Gasteiger partial charge in [0, 0.05) is 11.0 Å². The first-order valence-corrected chi connectivity index (χ1v) is 5.92.